The number of nitrogens with one attached hydrogen (secondary N) is 1. The summed E-state index contributed by atoms with van der Waals surface area (Å²) in [6.07, 6.45) is 1.39. The van der Waals surface area contributed by atoms with Gasteiger partial charge in [0, 0.05) is 33.6 Å². The molecule has 0 spiro atoms. The maximum absolute atomic E-state index is 11.7. The number of carboxylic acids is 1. The van der Waals surface area contributed by atoms with Gasteiger partial charge in [0.1, 0.15) is 6.04 Å². The number of likely N-dealkylation sites (tertiary alicyclic amines) is 1. The van der Waals surface area contributed by atoms with E-state index < -0.39 is 18.0 Å². The molecule has 0 unspecified atom stereocenters. The zero-order valence-corrected chi connectivity index (χ0v) is 10.7. The van der Waals surface area contributed by atoms with Crippen molar-refractivity contribution in [3.63, 3.8) is 0 Å². The van der Waals surface area contributed by atoms with Crippen LogP contribution in [0.3, 0.4) is 0 Å². The molecule has 0 aromatic heterocycles. The van der Waals surface area contributed by atoms with E-state index in [1.54, 1.807) is 14.1 Å². The van der Waals surface area contributed by atoms with Crippen LogP contribution in [-0.4, -0.2) is 66.0 Å². The number of hydrogen-bond donors (Lipinski definition) is 2. The Kier molecular flexibility index (Phi) is 4.94. The molecule has 3 amide bonds. The second kappa shape index (κ2) is 6.23. The quantitative estimate of drug-likeness (QED) is 0.725. The van der Waals surface area contributed by atoms with Gasteiger partial charge in [0.2, 0.25) is 5.91 Å². The molecule has 18 heavy (non-hydrogen) atoms. The molecule has 1 saturated heterocycles. The summed E-state index contributed by atoms with van der Waals surface area (Å²) in [5, 5.41) is 11.5. The van der Waals surface area contributed by atoms with Gasteiger partial charge in [-0.2, -0.15) is 0 Å². The number of rotatable bonds is 4. The Bertz CT molecular complexity index is 343. The predicted molar refractivity (Wildman–Crippen MR) is 64.1 cm³/mol. The van der Waals surface area contributed by atoms with E-state index in [-0.39, 0.29) is 18.9 Å². The van der Waals surface area contributed by atoms with Crippen molar-refractivity contribution in [3.8, 4) is 0 Å². The van der Waals surface area contributed by atoms with Crippen molar-refractivity contribution in [2.75, 3.05) is 27.2 Å². The molecule has 1 aliphatic heterocycles. The molecular weight excluding hydrogens is 238 g/mol. The van der Waals surface area contributed by atoms with Crippen molar-refractivity contribution < 1.29 is 19.5 Å². The van der Waals surface area contributed by atoms with Crippen LogP contribution in [-0.2, 0) is 9.59 Å². The molecule has 1 atom stereocenters. The van der Waals surface area contributed by atoms with Crippen molar-refractivity contribution in [2.45, 2.75) is 25.3 Å². The van der Waals surface area contributed by atoms with Gasteiger partial charge in [0.15, 0.2) is 0 Å². The number of carboxylic acid groups (broad SMARTS) is 1. The van der Waals surface area contributed by atoms with E-state index in [4.69, 9.17) is 5.11 Å². The van der Waals surface area contributed by atoms with Crippen LogP contribution in [0, 0.1) is 0 Å². The summed E-state index contributed by atoms with van der Waals surface area (Å²) in [5.74, 6) is -1.06. The van der Waals surface area contributed by atoms with Gasteiger partial charge in [-0.25, -0.2) is 9.59 Å². The van der Waals surface area contributed by atoms with Crippen molar-refractivity contribution >= 4 is 17.9 Å². The molecule has 102 valence electrons. The summed E-state index contributed by atoms with van der Waals surface area (Å²) in [6, 6.07) is -1.15. The van der Waals surface area contributed by atoms with Crippen LogP contribution in [0.2, 0.25) is 0 Å². The summed E-state index contributed by atoms with van der Waals surface area (Å²) in [7, 11) is 3.29. The van der Waals surface area contributed by atoms with Crippen molar-refractivity contribution in [1.82, 2.24) is 15.1 Å². The fourth-order valence-corrected chi connectivity index (χ4v) is 1.87. The molecule has 0 bridgehead atoms. The van der Waals surface area contributed by atoms with Crippen LogP contribution in [0.15, 0.2) is 0 Å². The van der Waals surface area contributed by atoms with Gasteiger partial charge in [-0.3, -0.25) is 4.79 Å². The predicted octanol–water partition coefficient (Wildman–Crippen LogP) is -0.277. The summed E-state index contributed by atoms with van der Waals surface area (Å²) in [6.45, 7) is 0.670. The molecule has 0 aromatic carbocycles. The van der Waals surface area contributed by atoms with Gasteiger partial charge in [0.05, 0.1) is 0 Å². The number of nitrogens with zero attached hydrogens (tertiary/aromatic N) is 2. The van der Waals surface area contributed by atoms with E-state index in [9.17, 15) is 14.4 Å². The lowest BCUT2D eigenvalue weighted by Crippen LogP contribution is -2.46. The summed E-state index contributed by atoms with van der Waals surface area (Å²) < 4.78 is 0. The number of carbonyl (C=O) groups is 3. The minimum Gasteiger partial charge on any atom is -0.480 e. The van der Waals surface area contributed by atoms with Crippen LogP contribution in [0.25, 0.3) is 0 Å². The molecule has 1 fully saturated rings. The Balaban J connectivity index is 2.37. The smallest absolute Gasteiger partial charge is 0.326 e. The molecule has 1 aliphatic rings. The fraction of sp³-hybridized carbons (Fsp3) is 0.727. The van der Waals surface area contributed by atoms with Gasteiger partial charge in [-0.05, 0) is 12.8 Å². The van der Waals surface area contributed by atoms with Crippen LogP contribution < -0.4 is 5.32 Å². The third-order valence-corrected chi connectivity index (χ3v) is 2.91. The van der Waals surface area contributed by atoms with Gasteiger partial charge in [-0.1, -0.05) is 0 Å². The van der Waals surface area contributed by atoms with Gasteiger partial charge >= 0.3 is 12.0 Å². The van der Waals surface area contributed by atoms with Gasteiger partial charge in [-0.15, -0.1) is 0 Å². The van der Waals surface area contributed by atoms with Crippen molar-refractivity contribution in [1.29, 1.82) is 0 Å². The molecule has 7 nitrogen and oxygen atoms in total. The lowest BCUT2D eigenvalue weighted by Gasteiger charge is -2.21. The number of aliphatic carboxylic acids is 1. The average molecular weight is 257 g/mol. The minimum atomic E-state index is -0.980. The highest BCUT2D eigenvalue weighted by Crippen LogP contribution is 2.17. The van der Waals surface area contributed by atoms with Crippen molar-refractivity contribution in [3.05, 3.63) is 0 Å². The summed E-state index contributed by atoms with van der Waals surface area (Å²) >= 11 is 0. The Labute approximate surface area is 106 Å². The van der Waals surface area contributed by atoms with Crippen LogP contribution in [0.5, 0.6) is 0 Å². The largest absolute Gasteiger partial charge is 0.480 e. The molecule has 0 radical (unpaired) electrons. The van der Waals surface area contributed by atoms with Crippen LogP contribution in [0.4, 0.5) is 4.79 Å². The number of hydrogen-bond acceptors (Lipinski definition) is 3. The number of amides is 3. The monoisotopic (exact) mass is 257 g/mol. The molecule has 1 heterocycles. The van der Waals surface area contributed by atoms with Crippen molar-refractivity contribution in [2.24, 2.45) is 0 Å². The highest BCUT2D eigenvalue weighted by molar-refractivity contribution is 5.83. The molecule has 0 aliphatic carbocycles. The maximum Gasteiger partial charge on any atom is 0.326 e. The second-order valence-electron chi connectivity index (χ2n) is 4.46. The highest BCUT2D eigenvalue weighted by Gasteiger charge is 2.33. The molecule has 0 aromatic rings. The molecule has 1 rings (SSSR count). The van der Waals surface area contributed by atoms with Gasteiger partial charge in [0.25, 0.3) is 0 Å². The van der Waals surface area contributed by atoms with E-state index >= 15 is 0 Å². The lowest BCUT2D eigenvalue weighted by atomic mass is 10.2. The Morgan fingerprint density at radius 3 is 2.61 bits per heavy atom. The molecule has 2 N–H and O–H groups in total. The van der Waals surface area contributed by atoms with E-state index in [2.05, 4.69) is 5.32 Å². The van der Waals surface area contributed by atoms with E-state index in [0.29, 0.717) is 19.4 Å². The SMILES string of the molecule is CN(C)C(=O)CCNC(=O)N1CCC[C@H]1C(=O)O. The molecule has 7 heteroatoms. The number of carbonyl (C=O) groups excluding carboxylic acids is 2. The van der Waals surface area contributed by atoms with E-state index in [1.165, 1.54) is 9.80 Å². The lowest BCUT2D eigenvalue weighted by molar-refractivity contribution is -0.141. The van der Waals surface area contributed by atoms with E-state index in [1.807, 2.05) is 0 Å². The first-order valence-electron chi connectivity index (χ1n) is 5.91. The molecule has 0 saturated carbocycles. The zero-order valence-electron chi connectivity index (χ0n) is 10.7. The third-order valence-electron chi connectivity index (χ3n) is 2.91. The van der Waals surface area contributed by atoms with Crippen LogP contribution in [0.1, 0.15) is 19.3 Å². The second-order valence-corrected chi connectivity index (χ2v) is 4.46. The Morgan fingerprint density at radius 1 is 1.39 bits per heavy atom. The summed E-state index contributed by atoms with van der Waals surface area (Å²) in [4.78, 5) is 36.7. The first-order chi connectivity index (χ1) is 8.43. The minimum absolute atomic E-state index is 0.0773. The topological polar surface area (TPSA) is 90.0 Å². The number of urea groups is 1. The Morgan fingerprint density at radius 2 is 2.06 bits per heavy atom. The van der Waals surface area contributed by atoms with Crippen LogP contribution >= 0.6 is 0 Å². The zero-order chi connectivity index (χ0) is 13.7. The van der Waals surface area contributed by atoms with E-state index in [0.717, 1.165) is 0 Å². The summed E-state index contributed by atoms with van der Waals surface area (Å²) in [5.41, 5.74) is 0. The average Bonchev–Trinajstić information content (AvgIpc) is 2.77. The molecular formula is C11H19N3O4. The Hall–Kier alpha value is -1.79. The van der Waals surface area contributed by atoms with Gasteiger partial charge < -0.3 is 20.2 Å². The first kappa shape index (κ1) is 14.3. The third kappa shape index (κ3) is 3.61. The maximum atomic E-state index is 11.7. The fourth-order valence-electron chi connectivity index (χ4n) is 1.87. The first-order valence-corrected chi connectivity index (χ1v) is 5.91. The normalized spacial score (nSPS) is 18.6. The standard InChI is InChI=1S/C11H19N3O4/c1-13(2)9(15)5-6-12-11(18)14-7-3-4-8(14)10(16)17/h8H,3-7H2,1-2H3,(H,12,18)(H,16,17)/t8-/m0/s1. The highest BCUT2D eigenvalue weighted by atomic mass is 16.4.